The molecule has 0 aliphatic heterocycles. The molecule has 1 amide bonds. The van der Waals surface area contributed by atoms with E-state index in [1.807, 2.05) is 32.0 Å². The average molecular weight is 318 g/mol. The van der Waals surface area contributed by atoms with E-state index in [4.69, 9.17) is 0 Å². The van der Waals surface area contributed by atoms with Crippen molar-refractivity contribution in [1.29, 1.82) is 0 Å². The average Bonchev–Trinajstić information content (AvgIpc) is 2.87. The van der Waals surface area contributed by atoms with Crippen LogP contribution in [0.4, 0.5) is 5.69 Å². The number of nitrogens with one attached hydrogen (secondary N) is 2. The van der Waals surface area contributed by atoms with Crippen molar-refractivity contribution in [2.75, 3.05) is 11.1 Å². The number of anilines is 1. The van der Waals surface area contributed by atoms with Crippen molar-refractivity contribution in [3.63, 3.8) is 0 Å². The highest BCUT2D eigenvalue weighted by molar-refractivity contribution is 7.99. The Bertz CT molecular complexity index is 631. The molecule has 118 valence electrons. The molecule has 1 heterocycles. The molecule has 0 bridgehead atoms. The van der Waals surface area contributed by atoms with E-state index in [2.05, 4.69) is 34.3 Å². The fraction of sp³-hybridized carbons (Fsp3) is 0.438. The lowest BCUT2D eigenvalue weighted by molar-refractivity contribution is -0.113. The minimum absolute atomic E-state index is 0.0439. The molecule has 0 saturated heterocycles. The number of benzene rings is 1. The van der Waals surface area contributed by atoms with Crippen molar-refractivity contribution < 1.29 is 4.79 Å². The van der Waals surface area contributed by atoms with Gasteiger partial charge in [-0.05, 0) is 30.9 Å². The molecular weight excluding hydrogens is 296 g/mol. The number of nitrogens with zero attached hydrogens (tertiary/aromatic N) is 2. The lowest BCUT2D eigenvalue weighted by atomic mass is 10.1. The third kappa shape index (κ3) is 4.59. The van der Waals surface area contributed by atoms with Gasteiger partial charge in [0, 0.05) is 12.1 Å². The summed E-state index contributed by atoms with van der Waals surface area (Å²) in [6.07, 6.45) is 0.863. The summed E-state index contributed by atoms with van der Waals surface area (Å²) in [5.74, 6) is 1.65. The first-order valence-electron chi connectivity index (χ1n) is 7.36. The van der Waals surface area contributed by atoms with Crippen LogP contribution < -0.4 is 5.32 Å². The van der Waals surface area contributed by atoms with E-state index >= 15 is 0 Å². The molecule has 0 fully saturated rings. The second-order valence-electron chi connectivity index (χ2n) is 5.77. The number of aryl methyl sites for hydroxylation is 2. The zero-order valence-electron chi connectivity index (χ0n) is 13.4. The summed E-state index contributed by atoms with van der Waals surface area (Å²) in [6.45, 7) is 8.24. The maximum Gasteiger partial charge on any atom is 0.234 e. The number of amides is 1. The van der Waals surface area contributed by atoms with E-state index in [0.29, 0.717) is 16.8 Å². The van der Waals surface area contributed by atoms with Crippen molar-refractivity contribution in [3.05, 3.63) is 35.2 Å². The van der Waals surface area contributed by atoms with Gasteiger partial charge in [-0.2, -0.15) is 0 Å². The molecule has 0 aliphatic rings. The van der Waals surface area contributed by atoms with Crippen LogP contribution in [0.25, 0.3) is 0 Å². The summed E-state index contributed by atoms with van der Waals surface area (Å²) in [5, 5.41) is 10.6. The highest BCUT2D eigenvalue weighted by Gasteiger charge is 2.10. The first-order valence-corrected chi connectivity index (χ1v) is 8.34. The van der Waals surface area contributed by atoms with Crippen molar-refractivity contribution in [2.45, 2.75) is 39.3 Å². The van der Waals surface area contributed by atoms with Gasteiger partial charge in [-0.25, -0.2) is 4.98 Å². The maximum atomic E-state index is 12.1. The van der Waals surface area contributed by atoms with E-state index in [9.17, 15) is 4.79 Å². The second kappa shape index (κ2) is 7.45. The Hall–Kier alpha value is -1.82. The molecule has 0 radical (unpaired) electrons. The first kappa shape index (κ1) is 16.5. The Kier molecular flexibility index (Phi) is 5.60. The van der Waals surface area contributed by atoms with Gasteiger partial charge < -0.3 is 5.32 Å². The van der Waals surface area contributed by atoms with Gasteiger partial charge in [0.1, 0.15) is 5.82 Å². The molecule has 2 N–H and O–H groups in total. The molecule has 2 aromatic rings. The quantitative estimate of drug-likeness (QED) is 0.801. The summed E-state index contributed by atoms with van der Waals surface area (Å²) in [5.41, 5.74) is 3.02. The zero-order chi connectivity index (χ0) is 16.1. The smallest absolute Gasteiger partial charge is 0.234 e. The minimum Gasteiger partial charge on any atom is -0.325 e. The van der Waals surface area contributed by atoms with Gasteiger partial charge in [0.25, 0.3) is 0 Å². The van der Waals surface area contributed by atoms with Crippen LogP contribution in [0.5, 0.6) is 0 Å². The van der Waals surface area contributed by atoms with Crippen molar-refractivity contribution in [3.8, 4) is 0 Å². The Labute approximate surface area is 135 Å². The topological polar surface area (TPSA) is 70.7 Å². The standard InChI is InChI=1S/C16H22N4OS/c1-10(2)8-13-17-16(20-19-13)22-9-14(21)18-15-11(3)6-5-7-12(15)4/h5-7,10H,8-9H2,1-4H3,(H,18,21)(H,17,19,20). The van der Waals surface area contributed by atoms with Gasteiger partial charge in [0.05, 0.1) is 5.75 Å². The number of carbonyl (C=O) groups excluding carboxylic acids is 1. The zero-order valence-corrected chi connectivity index (χ0v) is 14.3. The largest absolute Gasteiger partial charge is 0.325 e. The third-order valence-electron chi connectivity index (χ3n) is 3.19. The lowest BCUT2D eigenvalue weighted by Crippen LogP contribution is -2.15. The van der Waals surface area contributed by atoms with Crippen LogP contribution >= 0.6 is 11.8 Å². The van der Waals surface area contributed by atoms with Crippen LogP contribution in [0.1, 0.15) is 30.8 Å². The lowest BCUT2D eigenvalue weighted by Gasteiger charge is -2.10. The summed E-state index contributed by atoms with van der Waals surface area (Å²) in [6, 6.07) is 5.96. The number of thioether (sulfide) groups is 1. The Balaban J connectivity index is 1.89. The van der Waals surface area contributed by atoms with Gasteiger partial charge in [0.2, 0.25) is 11.1 Å². The van der Waals surface area contributed by atoms with Gasteiger partial charge in [-0.15, -0.1) is 5.10 Å². The molecular formula is C16H22N4OS. The summed E-state index contributed by atoms with van der Waals surface area (Å²) in [4.78, 5) is 16.5. The minimum atomic E-state index is -0.0439. The van der Waals surface area contributed by atoms with Crippen LogP contribution in [0.15, 0.2) is 23.4 Å². The van der Waals surface area contributed by atoms with Gasteiger partial charge in [0.15, 0.2) is 0 Å². The summed E-state index contributed by atoms with van der Waals surface area (Å²) in [7, 11) is 0. The van der Waals surface area contributed by atoms with Gasteiger partial charge in [-0.3, -0.25) is 9.89 Å². The van der Waals surface area contributed by atoms with E-state index in [1.54, 1.807) is 0 Å². The predicted octanol–water partition coefficient (Wildman–Crippen LogP) is 3.35. The van der Waals surface area contributed by atoms with Crippen molar-refractivity contribution in [2.24, 2.45) is 5.92 Å². The van der Waals surface area contributed by atoms with E-state index in [0.717, 1.165) is 29.1 Å². The van der Waals surface area contributed by atoms with Crippen molar-refractivity contribution in [1.82, 2.24) is 15.2 Å². The summed E-state index contributed by atoms with van der Waals surface area (Å²) < 4.78 is 0. The van der Waals surface area contributed by atoms with Gasteiger partial charge >= 0.3 is 0 Å². The molecule has 5 nitrogen and oxygen atoms in total. The molecule has 0 spiro atoms. The Morgan fingerprint density at radius 3 is 2.64 bits per heavy atom. The van der Waals surface area contributed by atoms with Crippen LogP contribution in [-0.2, 0) is 11.2 Å². The van der Waals surface area contributed by atoms with E-state index in [-0.39, 0.29) is 5.91 Å². The number of carbonyl (C=O) groups is 1. The van der Waals surface area contributed by atoms with Crippen LogP contribution in [0, 0.1) is 19.8 Å². The second-order valence-corrected chi connectivity index (χ2v) is 6.71. The number of aromatic nitrogens is 3. The molecule has 0 unspecified atom stereocenters. The summed E-state index contributed by atoms with van der Waals surface area (Å²) >= 11 is 1.34. The van der Waals surface area contributed by atoms with E-state index < -0.39 is 0 Å². The molecule has 0 atom stereocenters. The number of hydrogen-bond donors (Lipinski definition) is 2. The van der Waals surface area contributed by atoms with Crippen LogP contribution in [0.3, 0.4) is 0 Å². The highest BCUT2D eigenvalue weighted by Crippen LogP contribution is 2.20. The van der Waals surface area contributed by atoms with Crippen molar-refractivity contribution >= 4 is 23.4 Å². The molecule has 1 aromatic carbocycles. The molecule has 0 aliphatic carbocycles. The van der Waals surface area contributed by atoms with Gasteiger partial charge in [-0.1, -0.05) is 43.8 Å². The third-order valence-corrected chi connectivity index (χ3v) is 4.04. The molecule has 1 aromatic heterocycles. The first-order chi connectivity index (χ1) is 10.5. The molecule has 6 heteroatoms. The predicted molar refractivity (Wildman–Crippen MR) is 90.2 cm³/mol. The van der Waals surface area contributed by atoms with Crippen LogP contribution in [0.2, 0.25) is 0 Å². The maximum absolute atomic E-state index is 12.1. The highest BCUT2D eigenvalue weighted by atomic mass is 32.2. The fourth-order valence-corrected chi connectivity index (χ4v) is 2.75. The number of hydrogen-bond acceptors (Lipinski definition) is 4. The Morgan fingerprint density at radius 1 is 1.32 bits per heavy atom. The fourth-order valence-electron chi connectivity index (χ4n) is 2.14. The van der Waals surface area contributed by atoms with Crippen LogP contribution in [-0.4, -0.2) is 26.8 Å². The Morgan fingerprint density at radius 2 is 2.00 bits per heavy atom. The normalized spacial score (nSPS) is 11.0. The number of aromatic amines is 1. The number of rotatable bonds is 6. The number of H-pyrrole nitrogens is 1. The monoisotopic (exact) mass is 318 g/mol. The molecule has 22 heavy (non-hydrogen) atoms. The SMILES string of the molecule is Cc1cccc(C)c1NC(=O)CSc1n[nH]c(CC(C)C)n1. The van der Waals surface area contributed by atoms with E-state index in [1.165, 1.54) is 11.8 Å². The molecule has 2 rings (SSSR count). The molecule has 0 saturated carbocycles. The number of para-hydroxylation sites is 1.